The van der Waals surface area contributed by atoms with Crippen molar-refractivity contribution >= 4 is 5.97 Å². The number of carbonyl (C=O) groups is 1. The van der Waals surface area contributed by atoms with Crippen LogP contribution in [0.3, 0.4) is 0 Å². The first kappa shape index (κ1) is 13.4. The molecular formula is C11H21FO2. The molecule has 0 aliphatic heterocycles. The molecule has 0 saturated carbocycles. The summed E-state index contributed by atoms with van der Waals surface area (Å²) in [5.74, 6) is -0.269. The van der Waals surface area contributed by atoms with E-state index in [4.69, 9.17) is 4.74 Å². The Morgan fingerprint density at radius 2 is 2.07 bits per heavy atom. The van der Waals surface area contributed by atoms with Crippen LogP contribution in [0.2, 0.25) is 0 Å². The molecule has 2 nitrogen and oxygen atoms in total. The van der Waals surface area contributed by atoms with Crippen molar-refractivity contribution < 1.29 is 13.9 Å². The molecule has 0 aromatic heterocycles. The van der Waals surface area contributed by atoms with Crippen LogP contribution in [-0.4, -0.2) is 19.3 Å². The van der Waals surface area contributed by atoms with Gasteiger partial charge >= 0.3 is 5.97 Å². The van der Waals surface area contributed by atoms with E-state index in [1.54, 1.807) is 0 Å². The number of hydrogen-bond acceptors (Lipinski definition) is 2. The number of hydrogen-bond donors (Lipinski definition) is 0. The normalized spacial score (nSPS) is 12.5. The molecule has 84 valence electrons. The Kier molecular flexibility index (Phi) is 8.59. The van der Waals surface area contributed by atoms with Crippen molar-refractivity contribution in [3.05, 3.63) is 0 Å². The van der Waals surface area contributed by atoms with Crippen molar-refractivity contribution in [2.75, 3.05) is 13.3 Å². The highest BCUT2D eigenvalue weighted by molar-refractivity contribution is 5.72. The van der Waals surface area contributed by atoms with E-state index in [2.05, 4.69) is 6.92 Å². The monoisotopic (exact) mass is 204 g/mol. The Bertz CT molecular complexity index is 148. The zero-order valence-corrected chi connectivity index (χ0v) is 9.22. The van der Waals surface area contributed by atoms with Crippen molar-refractivity contribution in [2.24, 2.45) is 5.92 Å². The summed E-state index contributed by atoms with van der Waals surface area (Å²) in [6, 6.07) is 0. The lowest BCUT2D eigenvalue weighted by Crippen LogP contribution is -2.18. The third kappa shape index (κ3) is 5.95. The molecule has 3 heteroatoms. The third-order valence-corrected chi connectivity index (χ3v) is 2.30. The van der Waals surface area contributed by atoms with Gasteiger partial charge in [-0.05, 0) is 12.8 Å². The van der Waals surface area contributed by atoms with Gasteiger partial charge in [-0.25, -0.2) is 4.39 Å². The Labute approximate surface area is 85.8 Å². The van der Waals surface area contributed by atoms with Gasteiger partial charge < -0.3 is 4.74 Å². The molecule has 0 aromatic carbocycles. The number of alkyl halides is 1. The highest BCUT2D eigenvalue weighted by Gasteiger charge is 2.16. The largest absolute Gasteiger partial charge is 0.463 e. The lowest BCUT2D eigenvalue weighted by molar-refractivity contribution is -0.149. The van der Waals surface area contributed by atoms with Crippen LogP contribution in [0.25, 0.3) is 0 Å². The maximum Gasteiger partial charge on any atom is 0.309 e. The zero-order valence-electron chi connectivity index (χ0n) is 9.22. The molecule has 0 amide bonds. The van der Waals surface area contributed by atoms with E-state index in [0.717, 1.165) is 32.1 Å². The maximum atomic E-state index is 11.8. The Morgan fingerprint density at radius 1 is 1.36 bits per heavy atom. The van der Waals surface area contributed by atoms with E-state index >= 15 is 0 Å². The lowest BCUT2D eigenvalue weighted by atomic mass is 9.99. The van der Waals surface area contributed by atoms with Gasteiger partial charge in [0.25, 0.3) is 0 Å². The van der Waals surface area contributed by atoms with Crippen molar-refractivity contribution in [1.82, 2.24) is 0 Å². The molecule has 0 aromatic rings. The van der Waals surface area contributed by atoms with Crippen LogP contribution in [0, 0.1) is 5.92 Å². The van der Waals surface area contributed by atoms with Gasteiger partial charge in [0, 0.05) is 0 Å². The van der Waals surface area contributed by atoms with E-state index in [1.165, 1.54) is 0 Å². The van der Waals surface area contributed by atoms with Gasteiger partial charge in [-0.2, -0.15) is 0 Å². The number of ether oxygens (including phenoxy) is 1. The molecule has 0 radical (unpaired) electrons. The summed E-state index contributed by atoms with van der Waals surface area (Å²) in [6.07, 6.45) is 5.01. The van der Waals surface area contributed by atoms with Gasteiger partial charge in [0.05, 0.1) is 5.92 Å². The first-order valence-corrected chi connectivity index (χ1v) is 5.48. The lowest BCUT2D eigenvalue weighted by Gasteiger charge is -2.12. The van der Waals surface area contributed by atoms with Gasteiger partial charge in [-0.15, -0.1) is 0 Å². The minimum atomic E-state index is -0.586. The average molecular weight is 204 g/mol. The van der Waals surface area contributed by atoms with Gasteiger partial charge in [-0.3, -0.25) is 4.79 Å². The van der Waals surface area contributed by atoms with Crippen LogP contribution in [0.1, 0.15) is 46.0 Å². The fraction of sp³-hybridized carbons (Fsp3) is 0.909. The maximum absolute atomic E-state index is 11.8. The SMILES string of the molecule is CCCCCC(CC)C(=O)OCCF. The third-order valence-electron chi connectivity index (χ3n) is 2.30. The zero-order chi connectivity index (χ0) is 10.8. The Morgan fingerprint density at radius 3 is 2.57 bits per heavy atom. The second kappa shape index (κ2) is 8.97. The second-order valence-electron chi connectivity index (χ2n) is 3.46. The molecule has 0 N–H and O–H groups in total. The fourth-order valence-corrected chi connectivity index (χ4v) is 1.39. The van der Waals surface area contributed by atoms with E-state index in [-0.39, 0.29) is 18.5 Å². The van der Waals surface area contributed by atoms with E-state index < -0.39 is 6.67 Å². The molecule has 1 unspecified atom stereocenters. The molecule has 0 heterocycles. The molecule has 0 aliphatic rings. The van der Waals surface area contributed by atoms with Gasteiger partial charge in [0.15, 0.2) is 0 Å². The quantitative estimate of drug-likeness (QED) is 0.448. The average Bonchev–Trinajstić information content (AvgIpc) is 2.21. The van der Waals surface area contributed by atoms with Crippen LogP contribution >= 0.6 is 0 Å². The van der Waals surface area contributed by atoms with Crippen LogP contribution < -0.4 is 0 Å². The minimum Gasteiger partial charge on any atom is -0.463 e. The van der Waals surface area contributed by atoms with Crippen molar-refractivity contribution in [1.29, 1.82) is 0 Å². The number of halogens is 1. The van der Waals surface area contributed by atoms with Gasteiger partial charge in [0.2, 0.25) is 0 Å². The van der Waals surface area contributed by atoms with E-state index in [1.807, 2.05) is 6.92 Å². The minimum absolute atomic E-state index is 0.0342. The van der Waals surface area contributed by atoms with Crippen LogP contribution in [0.5, 0.6) is 0 Å². The second-order valence-corrected chi connectivity index (χ2v) is 3.46. The summed E-state index contributed by atoms with van der Waals surface area (Å²) < 4.78 is 16.5. The standard InChI is InChI=1S/C11H21FO2/c1-3-5-6-7-10(4-2)11(13)14-9-8-12/h10H,3-9H2,1-2H3. The number of esters is 1. The molecule has 0 spiro atoms. The van der Waals surface area contributed by atoms with Crippen LogP contribution in [-0.2, 0) is 9.53 Å². The van der Waals surface area contributed by atoms with Gasteiger partial charge in [0.1, 0.15) is 13.3 Å². The molecule has 1 atom stereocenters. The van der Waals surface area contributed by atoms with Crippen molar-refractivity contribution in [3.8, 4) is 0 Å². The molecule has 0 aliphatic carbocycles. The highest BCUT2D eigenvalue weighted by atomic mass is 19.1. The fourth-order valence-electron chi connectivity index (χ4n) is 1.39. The summed E-state index contributed by atoms with van der Waals surface area (Å²) in [5.41, 5.74) is 0. The number of unbranched alkanes of at least 4 members (excludes halogenated alkanes) is 2. The molecular weight excluding hydrogens is 183 g/mol. The summed E-state index contributed by atoms with van der Waals surface area (Å²) >= 11 is 0. The summed E-state index contributed by atoms with van der Waals surface area (Å²) in [4.78, 5) is 11.3. The summed E-state index contributed by atoms with van der Waals surface area (Å²) in [6.45, 7) is 3.41. The first-order chi connectivity index (χ1) is 6.76. The van der Waals surface area contributed by atoms with Crippen LogP contribution in [0.15, 0.2) is 0 Å². The van der Waals surface area contributed by atoms with Crippen LogP contribution in [0.4, 0.5) is 4.39 Å². The molecule has 0 rings (SSSR count). The predicted molar refractivity (Wildman–Crippen MR) is 54.9 cm³/mol. The molecule has 0 saturated heterocycles. The Hall–Kier alpha value is -0.600. The molecule has 0 fully saturated rings. The number of carbonyl (C=O) groups excluding carboxylic acids is 1. The Balaban J connectivity index is 3.69. The number of rotatable bonds is 8. The van der Waals surface area contributed by atoms with Gasteiger partial charge in [-0.1, -0.05) is 33.1 Å². The van der Waals surface area contributed by atoms with Crippen molar-refractivity contribution in [3.63, 3.8) is 0 Å². The molecule has 14 heavy (non-hydrogen) atoms. The highest BCUT2D eigenvalue weighted by Crippen LogP contribution is 2.15. The van der Waals surface area contributed by atoms with E-state index in [0.29, 0.717) is 0 Å². The summed E-state index contributed by atoms with van der Waals surface area (Å²) in [5, 5.41) is 0. The molecule has 0 bridgehead atoms. The topological polar surface area (TPSA) is 26.3 Å². The summed E-state index contributed by atoms with van der Waals surface area (Å²) in [7, 11) is 0. The predicted octanol–water partition coefficient (Wildman–Crippen LogP) is 3.11. The van der Waals surface area contributed by atoms with Crippen molar-refractivity contribution in [2.45, 2.75) is 46.0 Å². The smallest absolute Gasteiger partial charge is 0.309 e. The van der Waals surface area contributed by atoms with E-state index in [9.17, 15) is 9.18 Å². The first-order valence-electron chi connectivity index (χ1n) is 5.48.